The van der Waals surface area contributed by atoms with Gasteiger partial charge in [-0.2, -0.15) is 9.78 Å². The molecule has 0 saturated heterocycles. The van der Waals surface area contributed by atoms with Crippen molar-refractivity contribution in [1.29, 1.82) is 0 Å². The number of ether oxygens (including phenoxy) is 1. The van der Waals surface area contributed by atoms with Crippen LogP contribution in [0.15, 0.2) is 44.7 Å². The summed E-state index contributed by atoms with van der Waals surface area (Å²) in [6, 6.07) is 8.43. The van der Waals surface area contributed by atoms with Crippen molar-refractivity contribution in [1.82, 2.24) is 9.66 Å². The van der Waals surface area contributed by atoms with Gasteiger partial charge < -0.3 is 10.5 Å². The number of rotatable bonds is 6. The molecule has 0 atom stereocenters. The number of hydrogen-bond acceptors (Lipinski definition) is 5. The summed E-state index contributed by atoms with van der Waals surface area (Å²) in [7, 11) is 0. The van der Waals surface area contributed by atoms with Gasteiger partial charge in [0, 0.05) is 10.4 Å². The molecular weight excluding hydrogens is 495 g/mol. The van der Waals surface area contributed by atoms with Crippen LogP contribution in [0.4, 0.5) is 0 Å². The second kappa shape index (κ2) is 9.16. The Kier molecular flexibility index (Phi) is 6.80. The van der Waals surface area contributed by atoms with Gasteiger partial charge in [-0.25, -0.2) is 4.98 Å². The molecule has 0 aliphatic heterocycles. The Bertz CT molecular complexity index is 1200. The Balaban J connectivity index is 2.05. The van der Waals surface area contributed by atoms with E-state index in [4.69, 9.17) is 33.7 Å². The van der Waals surface area contributed by atoms with Crippen LogP contribution in [0.25, 0.3) is 10.9 Å². The number of halogens is 3. The van der Waals surface area contributed by atoms with Gasteiger partial charge in [-0.05, 0) is 35.9 Å². The minimum atomic E-state index is -0.649. The van der Waals surface area contributed by atoms with Crippen LogP contribution in [0.1, 0.15) is 31.2 Å². The van der Waals surface area contributed by atoms with Crippen molar-refractivity contribution in [3.63, 3.8) is 0 Å². The first-order valence-corrected chi connectivity index (χ1v) is 10.4. The molecule has 1 aromatic heterocycles. The highest BCUT2D eigenvalue weighted by Gasteiger charge is 2.14. The van der Waals surface area contributed by atoms with E-state index in [2.05, 4.69) is 26.0 Å². The van der Waals surface area contributed by atoms with Crippen LogP contribution in [0.2, 0.25) is 10.0 Å². The van der Waals surface area contributed by atoms with Gasteiger partial charge in [0.25, 0.3) is 11.5 Å². The number of benzene rings is 2. The molecule has 10 heteroatoms. The smallest absolute Gasteiger partial charge is 0.282 e. The maximum absolute atomic E-state index is 13.0. The van der Waals surface area contributed by atoms with Gasteiger partial charge in [0.2, 0.25) is 0 Å². The predicted octanol–water partition coefficient (Wildman–Crippen LogP) is 4.34. The number of nitrogens with zero attached hydrogens (tertiary/aromatic N) is 3. The van der Waals surface area contributed by atoms with Gasteiger partial charge in [0.05, 0.1) is 27.2 Å². The maximum atomic E-state index is 13.0. The third-order valence-corrected chi connectivity index (χ3v) is 5.11. The van der Waals surface area contributed by atoms with E-state index in [-0.39, 0.29) is 33.9 Å². The summed E-state index contributed by atoms with van der Waals surface area (Å²) in [5.41, 5.74) is 5.91. The number of nitrogens with two attached hydrogens (primary N) is 1. The Labute approximate surface area is 190 Å². The molecule has 2 aromatic carbocycles. The monoisotopic (exact) mass is 510 g/mol. The molecule has 30 heavy (non-hydrogen) atoms. The molecule has 0 aliphatic rings. The molecule has 3 aromatic rings. The number of carbonyl (C=O) groups is 1. The Morgan fingerprint density at radius 1 is 1.30 bits per heavy atom. The largest absolute Gasteiger partial charge is 0.481 e. The molecule has 0 fully saturated rings. The SMILES string of the molecule is CC(C)c1nc2ccc(Br)cc2c(=O)n1N=Cc1cc(Cl)c(OCC(N)=O)c(Cl)c1. The molecule has 1 amide bonds. The van der Waals surface area contributed by atoms with E-state index in [0.717, 1.165) is 4.47 Å². The molecule has 156 valence electrons. The second-order valence-electron chi connectivity index (χ2n) is 6.72. The van der Waals surface area contributed by atoms with E-state index >= 15 is 0 Å². The molecular formula is C20H17BrCl2N4O3. The molecule has 0 saturated carbocycles. The average molecular weight is 512 g/mol. The Morgan fingerprint density at radius 3 is 2.57 bits per heavy atom. The Hall–Kier alpha value is -2.42. The standard InChI is InChI=1S/C20H17BrCl2N4O3/c1-10(2)19-26-16-4-3-12(21)7-13(16)20(29)27(19)25-8-11-5-14(22)18(15(23)6-11)30-9-17(24)28/h3-8,10H,9H2,1-2H3,(H2,24,28). The molecule has 0 spiro atoms. The number of hydrogen-bond donors (Lipinski definition) is 1. The minimum absolute atomic E-state index is 0.0420. The summed E-state index contributed by atoms with van der Waals surface area (Å²) in [6.45, 7) is 3.51. The average Bonchev–Trinajstić information content (AvgIpc) is 2.66. The van der Waals surface area contributed by atoms with E-state index in [1.807, 2.05) is 19.9 Å². The van der Waals surface area contributed by atoms with Crippen LogP contribution < -0.4 is 16.0 Å². The fraction of sp³-hybridized carbons (Fsp3) is 0.200. The van der Waals surface area contributed by atoms with E-state index in [0.29, 0.717) is 22.3 Å². The van der Waals surface area contributed by atoms with Crippen LogP contribution in [0, 0.1) is 0 Å². The molecule has 0 radical (unpaired) electrons. The van der Waals surface area contributed by atoms with Crippen molar-refractivity contribution >= 4 is 62.2 Å². The molecule has 0 bridgehead atoms. The third kappa shape index (κ3) is 4.83. The fourth-order valence-corrected chi connectivity index (χ4v) is 3.68. The minimum Gasteiger partial charge on any atom is -0.481 e. The first-order chi connectivity index (χ1) is 14.2. The van der Waals surface area contributed by atoms with E-state index in [9.17, 15) is 9.59 Å². The Morgan fingerprint density at radius 2 is 1.97 bits per heavy atom. The zero-order valence-electron chi connectivity index (χ0n) is 16.0. The number of primary amides is 1. The van der Waals surface area contributed by atoms with Crippen molar-refractivity contribution in [2.75, 3.05) is 6.61 Å². The van der Waals surface area contributed by atoms with Crippen LogP contribution in [0.5, 0.6) is 5.75 Å². The predicted molar refractivity (Wildman–Crippen MR) is 122 cm³/mol. The van der Waals surface area contributed by atoms with Crippen molar-refractivity contribution in [3.05, 3.63) is 66.6 Å². The van der Waals surface area contributed by atoms with E-state index < -0.39 is 5.91 Å². The highest BCUT2D eigenvalue weighted by atomic mass is 79.9. The number of fused-ring (bicyclic) bond motifs is 1. The van der Waals surface area contributed by atoms with Crippen molar-refractivity contribution in [2.45, 2.75) is 19.8 Å². The summed E-state index contributed by atoms with van der Waals surface area (Å²) in [6.07, 6.45) is 1.45. The summed E-state index contributed by atoms with van der Waals surface area (Å²) in [4.78, 5) is 28.5. The third-order valence-electron chi connectivity index (χ3n) is 4.05. The van der Waals surface area contributed by atoms with Gasteiger partial charge in [0.1, 0.15) is 5.82 Å². The van der Waals surface area contributed by atoms with Gasteiger partial charge in [-0.1, -0.05) is 53.0 Å². The molecule has 1 heterocycles. The van der Waals surface area contributed by atoms with Gasteiger partial charge >= 0.3 is 0 Å². The van der Waals surface area contributed by atoms with Crippen LogP contribution in [-0.2, 0) is 4.79 Å². The topological polar surface area (TPSA) is 99.6 Å². The first-order valence-electron chi connectivity index (χ1n) is 8.84. The quantitative estimate of drug-likeness (QED) is 0.497. The lowest BCUT2D eigenvalue weighted by Crippen LogP contribution is -2.23. The van der Waals surface area contributed by atoms with Gasteiger partial charge in [-0.3, -0.25) is 9.59 Å². The van der Waals surface area contributed by atoms with Gasteiger partial charge in [0.15, 0.2) is 12.4 Å². The van der Waals surface area contributed by atoms with E-state index in [1.54, 1.807) is 24.3 Å². The highest BCUT2D eigenvalue weighted by molar-refractivity contribution is 9.10. The first kappa shape index (κ1) is 22.3. The number of amides is 1. The van der Waals surface area contributed by atoms with Crippen LogP contribution >= 0.6 is 39.1 Å². The fourth-order valence-electron chi connectivity index (χ4n) is 2.71. The summed E-state index contributed by atoms with van der Waals surface area (Å²) >= 11 is 15.8. The number of aromatic nitrogens is 2. The lowest BCUT2D eigenvalue weighted by Gasteiger charge is -2.12. The van der Waals surface area contributed by atoms with Gasteiger partial charge in [-0.15, -0.1) is 0 Å². The lowest BCUT2D eigenvalue weighted by atomic mass is 10.2. The van der Waals surface area contributed by atoms with Crippen LogP contribution in [0.3, 0.4) is 0 Å². The normalized spacial score (nSPS) is 11.5. The maximum Gasteiger partial charge on any atom is 0.282 e. The highest BCUT2D eigenvalue weighted by Crippen LogP contribution is 2.33. The summed E-state index contributed by atoms with van der Waals surface area (Å²) in [5, 5.41) is 5.14. The second-order valence-corrected chi connectivity index (χ2v) is 8.45. The zero-order valence-corrected chi connectivity index (χ0v) is 19.1. The molecule has 0 unspecified atom stereocenters. The van der Waals surface area contributed by atoms with Crippen LogP contribution in [-0.4, -0.2) is 28.4 Å². The number of carbonyl (C=O) groups excluding carboxylic acids is 1. The molecule has 0 aliphatic carbocycles. The summed E-state index contributed by atoms with van der Waals surface area (Å²) < 4.78 is 7.26. The van der Waals surface area contributed by atoms with E-state index in [1.165, 1.54) is 10.9 Å². The summed E-state index contributed by atoms with van der Waals surface area (Å²) in [5.74, 6) is -0.0281. The molecule has 2 N–H and O–H groups in total. The molecule has 3 rings (SSSR count). The van der Waals surface area contributed by atoms with Crippen molar-refractivity contribution < 1.29 is 9.53 Å². The lowest BCUT2D eigenvalue weighted by molar-refractivity contribution is -0.119. The van der Waals surface area contributed by atoms with Crippen molar-refractivity contribution in [3.8, 4) is 5.75 Å². The zero-order chi connectivity index (χ0) is 22.0. The molecule has 7 nitrogen and oxygen atoms in total. The van der Waals surface area contributed by atoms with Crippen molar-refractivity contribution in [2.24, 2.45) is 10.8 Å².